The minimum atomic E-state index is -4.79. The molecule has 7 rings (SSSR count). The lowest BCUT2D eigenvalue weighted by Crippen LogP contribution is -2.12. The van der Waals surface area contributed by atoms with Gasteiger partial charge < -0.3 is 19.9 Å². The molecule has 4 N–H and O–H groups in total. The van der Waals surface area contributed by atoms with Gasteiger partial charge in [0.2, 0.25) is 0 Å². The molecule has 7 aromatic carbocycles. The molecule has 0 spiro atoms. The number of ether oxygens (including phenoxy) is 2. The van der Waals surface area contributed by atoms with Crippen LogP contribution in [0.4, 0.5) is 56.9 Å². The smallest absolute Gasteiger partial charge is 0.296 e. The SMILES string of the molecule is COc1ccc(Nc2ccc3c(O)c(N=Nc4cc(C)c(N=Nc5cc(C)c(N=Nc6ccc(N=Nc7ccccc7)cc6S(=O)(=O)O)cc5OCCS(=O)(=O)O)cc4C)ccc3c2)cc1. The largest absolute Gasteiger partial charge is 0.505 e. The number of aromatic hydroxyl groups is 1. The Labute approximate surface area is 379 Å². The Morgan fingerprint density at radius 2 is 1.11 bits per heavy atom. The number of nitrogens with one attached hydrogen (secondary N) is 1. The van der Waals surface area contributed by atoms with Gasteiger partial charge in [-0.05, 0) is 140 Å². The van der Waals surface area contributed by atoms with E-state index in [0.717, 1.165) is 28.6 Å². The quantitative estimate of drug-likeness (QED) is 0.0526. The van der Waals surface area contributed by atoms with Crippen molar-refractivity contribution in [2.24, 2.45) is 40.9 Å². The van der Waals surface area contributed by atoms with Gasteiger partial charge in [-0.2, -0.15) is 42.4 Å². The highest BCUT2D eigenvalue weighted by atomic mass is 32.2. The minimum Gasteiger partial charge on any atom is -0.505 e. The van der Waals surface area contributed by atoms with Crippen molar-refractivity contribution in [2.75, 3.05) is 24.8 Å². The van der Waals surface area contributed by atoms with Gasteiger partial charge in [0.1, 0.15) is 45.8 Å². The van der Waals surface area contributed by atoms with E-state index in [1.165, 1.54) is 18.2 Å². The zero-order valence-corrected chi connectivity index (χ0v) is 37.4. The third-order valence-electron chi connectivity index (χ3n) is 9.79. The van der Waals surface area contributed by atoms with Gasteiger partial charge in [0, 0.05) is 22.8 Å². The first kappa shape index (κ1) is 46.2. The summed E-state index contributed by atoms with van der Waals surface area (Å²) < 4.78 is 78.0. The molecule has 0 amide bonds. The summed E-state index contributed by atoms with van der Waals surface area (Å²) in [4.78, 5) is -0.567. The average Bonchev–Trinajstić information content (AvgIpc) is 3.28. The summed E-state index contributed by atoms with van der Waals surface area (Å²) in [5, 5.41) is 49.9. The van der Waals surface area contributed by atoms with Crippen LogP contribution in [-0.2, 0) is 20.2 Å². The van der Waals surface area contributed by atoms with Crippen molar-refractivity contribution in [1.29, 1.82) is 0 Å². The molecule has 0 bridgehead atoms. The van der Waals surface area contributed by atoms with Gasteiger partial charge in [-0.15, -0.1) is 15.3 Å². The number of hydrogen-bond donors (Lipinski definition) is 4. The molecule has 7 aromatic rings. The highest BCUT2D eigenvalue weighted by Crippen LogP contribution is 2.41. The molecule has 0 aromatic heterocycles. The number of rotatable bonds is 16. The number of anilines is 2. The topological polar surface area (TPSA) is 258 Å². The highest BCUT2D eigenvalue weighted by Gasteiger charge is 2.18. The van der Waals surface area contributed by atoms with E-state index in [4.69, 9.17) is 9.47 Å². The number of azo groups is 4. The molecular formula is C46H41N9O9S2. The number of phenolic OH excluding ortho intramolecular Hbond substituents is 1. The summed E-state index contributed by atoms with van der Waals surface area (Å²) in [6.07, 6.45) is 0. The molecule has 0 fully saturated rings. The van der Waals surface area contributed by atoms with E-state index >= 15 is 0 Å². The standard InChI is InChI=1S/C46H41N9O9S2/c1-28-23-41(29(2)22-40(28)52-51-39-18-10-31-25-34(13-17-37(31)46(39)56)47-32-11-15-36(63-4)16-12-32)53-55-43-24-30(3)42(27-44(43)64-20-21-65(57,58)59)54-50-38-19-14-35(26-45(38)66(60,61)62)49-48-33-8-6-5-7-9-33/h5-19,22-27,47,56H,20-21H2,1-4H3,(H,57,58,59)(H,60,61,62). The van der Waals surface area contributed by atoms with Gasteiger partial charge in [-0.3, -0.25) is 9.11 Å². The van der Waals surface area contributed by atoms with E-state index in [-0.39, 0.29) is 39.9 Å². The van der Waals surface area contributed by atoms with Crippen molar-refractivity contribution in [3.8, 4) is 17.2 Å². The van der Waals surface area contributed by atoms with Crippen LogP contribution in [0.3, 0.4) is 0 Å². The number of fused-ring (bicyclic) bond motifs is 1. The molecule has 20 heteroatoms. The predicted molar refractivity (Wildman–Crippen MR) is 250 cm³/mol. The van der Waals surface area contributed by atoms with Crippen LogP contribution in [0.1, 0.15) is 16.7 Å². The molecule has 0 aliphatic heterocycles. The molecular weight excluding hydrogens is 887 g/mol. The number of benzene rings is 7. The van der Waals surface area contributed by atoms with Crippen LogP contribution in [0, 0.1) is 20.8 Å². The number of nitrogens with zero attached hydrogens (tertiary/aromatic N) is 8. The Bertz CT molecular complexity index is 3290. The highest BCUT2D eigenvalue weighted by molar-refractivity contribution is 7.86. The second kappa shape index (κ2) is 19.9. The first-order chi connectivity index (χ1) is 31.5. The summed E-state index contributed by atoms with van der Waals surface area (Å²) in [6.45, 7) is 4.83. The third-order valence-corrected chi connectivity index (χ3v) is 11.4. The Balaban J connectivity index is 1.11. The number of aryl methyl sites for hydroxylation is 3. The molecule has 0 aliphatic rings. The van der Waals surface area contributed by atoms with Crippen LogP contribution in [0.2, 0.25) is 0 Å². The second-order valence-electron chi connectivity index (χ2n) is 14.7. The molecule has 0 unspecified atom stereocenters. The molecule has 0 aliphatic carbocycles. The van der Waals surface area contributed by atoms with E-state index in [2.05, 4.69) is 46.2 Å². The lowest BCUT2D eigenvalue weighted by molar-refractivity contribution is 0.337. The molecule has 0 saturated heterocycles. The van der Waals surface area contributed by atoms with Gasteiger partial charge in [0.15, 0.2) is 5.75 Å². The second-order valence-corrected chi connectivity index (χ2v) is 17.6. The fourth-order valence-corrected chi connectivity index (χ4v) is 7.25. The number of methoxy groups -OCH3 is 1. The molecule has 0 heterocycles. The maximum atomic E-state index is 12.4. The van der Waals surface area contributed by atoms with E-state index in [0.29, 0.717) is 39.1 Å². The zero-order chi connectivity index (χ0) is 47.0. The first-order valence-electron chi connectivity index (χ1n) is 19.9. The number of hydrogen-bond acceptors (Lipinski definition) is 16. The van der Waals surface area contributed by atoms with Gasteiger partial charge in [-0.1, -0.05) is 24.3 Å². The summed E-state index contributed by atoms with van der Waals surface area (Å²) in [7, 11) is -7.56. The van der Waals surface area contributed by atoms with Crippen molar-refractivity contribution >= 4 is 87.9 Å². The van der Waals surface area contributed by atoms with E-state index < -0.39 is 37.5 Å². The van der Waals surface area contributed by atoms with Crippen LogP contribution in [-0.4, -0.2) is 50.5 Å². The molecule has 0 atom stereocenters. The summed E-state index contributed by atoms with van der Waals surface area (Å²) >= 11 is 0. The maximum absolute atomic E-state index is 12.4. The zero-order valence-electron chi connectivity index (χ0n) is 35.7. The average molecular weight is 928 g/mol. The van der Waals surface area contributed by atoms with E-state index in [1.807, 2.05) is 55.5 Å². The van der Waals surface area contributed by atoms with Gasteiger partial charge >= 0.3 is 0 Å². The van der Waals surface area contributed by atoms with Crippen molar-refractivity contribution in [3.63, 3.8) is 0 Å². The normalized spacial score (nSPS) is 12.3. The fourth-order valence-electron chi connectivity index (χ4n) is 6.31. The summed E-state index contributed by atoms with van der Waals surface area (Å²) in [6, 6.07) is 35.7. The minimum absolute atomic E-state index is 0.0216. The van der Waals surface area contributed by atoms with Crippen molar-refractivity contribution in [1.82, 2.24) is 0 Å². The fraction of sp³-hybridized carbons (Fsp3) is 0.130. The lowest BCUT2D eigenvalue weighted by atomic mass is 10.1. The van der Waals surface area contributed by atoms with Gasteiger partial charge in [0.25, 0.3) is 20.2 Å². The summed E-state index contributed by atoms with van der Waals surface area (Å²) in [5.41, 5.74) is 5.64. The Hall–Kier alpha value is -7.78. The van der Waals surface area contributed by atoms with Crippen molar-refractivity contribution in [3.05, 3.63) is 144 Å². The molecule has 18 nitrogen and oxygen atoms in total. The Morgan fingerprint density at radius 1 is 0.545 bits per heavy atom. The third kappa shape index (κ3) is 11.9. The molecule has 0 saturated carbocycles. The molecule has 0 radical (unpaired) electrons. The van der Waals surface area contributed by atoms with E-state index in [1.54, 1.807) is 75.6 Å². The Kier molecular flexibility index (Phi) is 14.0. The monoisotopic (exact) mass is 927 g/mol. The van der Waals surface area contributed by atoms with Crippen LogP contribution < -0.4 is 14.8 Å². The maximum Gasteiger partial charge on any atom is 0.296 e. The van der Waals surface area contributed by atoms with Crippen LogP contribution in [0.15, 0.2) is 173 Å². The van der Waals surface area contributed by atoms with Crippen molar-refractivity contribution < 1.29 is 40.5 Å². The van der Waals surface area contributed by atoms with Gasteiger partial charge in [-0.25, -0.2) is 0 Å². The summed E-state index contributed by atoms with van der Waals surface area (Å²) in [5.74, 6) is 0.0222. The first-order valence-corrected chi connectivity index (χ1v) is 22.9. The van der Waals surface area contributed by atoms with Gasteiger partial charge in [0.05, 0.1) is 35.5 Å². The van der Waals surface area contributed by atoms with Crippen LogP contribution in [0.5, 0.6) is 17.2 Å². The molecule has 336 valence electrons. The Morgan fingerprint density at radius 3 is 1.74 bits per heavy atom. The molecule has 66 heavy (non-hydrogen) atoms. The lowest BCUT2D eigenvalue weighted by Gasteiger charge is -2.11. The predicted octanol–water partition coefficient (Wildman–Crippen LogP) is 13.4. The van der Waals surface area contributed by atoms with E-state index in [9.17, 15) is 31.0 Å². The van der Waals surface area contributed by atoms with Crippen LogP contribution in [0.25, 0.3) is 10.8 Å². The van der Waals surface area contributed by atoms with Crippen LogP contribution >= 0.6 is 0 Å². The number of phenols is 1. The van der Waals surface area contributed by atoms with Crippen molar-refractivity contribution in [2.45, 2.75) is 25.7 Å².